The molecule has 1 saturated heterocycles. The highest BCUT2D eigenvalue weighted by atomic mass is 16.5. The van der Waals surface area contributed by atoms with Crippen molar-refractivity contribution in [2.75, 3.05) is 19.8 Å². The summed E-state index contributed by atoms with van der Waals surface area (Å²) >= 11 is 0. The number of ether oxygens (including phenoxy) is 1. The Hall–Kier alpha value is -1.39. The van der Waals surface area contributed by atoms with Gasteiger partial charge in [-0.3, -0.25) is 4.79 Å². The second kappa shape index (κ2) is 8.30. The van der Waals surface area contributed by atoms with Crippen molar-refractivity contribution in [3.8, 4) is 0 Å². The van der Waals surface area contributed by atoms with Gasteiger partial charge in [0.15, 0.2) is 0 Å². The fourth-order valence-corrected chi connectivity index (χ4v) is 2.77. The Morgan fingerprint density at radius 1 is 1.32 bits per heavy atom. The maximum absolute atomic E-state index is 12.1. The number of carbonyl (C=O) groups is 1. The summed E-state index contributed by atoms with van der Waals surface area (Å²) in [7, 11) is 0. The van der Waals surface area contributed by atoms with Crippen LogP contribution in [-0.2, 0) is 16.0 Å². The third-order valence-corrected chi connectivity index (χ3v) is 3.93. The highest BCUT2D eigenvalue weighted by Crippen LogP contribution is 2.16. The summed E-state index contributed by atoms with van der Waals surface area (Å²) in [5.41, 5.74) is 2.49. The largest absolute Gasteiger partial charge is 0.378 e. The maximum atomic E-state index is 12.1. The number of nitrogens with one attached hydrogen (secondary N) is 2. The Morgan fingerprint density at radius 2 is 2.05 bits per heavy atom. The van der Waals surface area contributed by atoms with Gasteiger partial charge in [0.05, 0.1) is 19.3 Å². The van der Waals surface area contributed by atoms with Crippen LogP contribution in [-0.4, -0.2) is 31.7 Å². The molecular weight excluding hydrogens is 276 g/mol. The third-order valence-electron chi connectivity index (χ3n) is 3.93. The summed E-state index contributed by atoms with van der Waals surface area (Å²) in [6, 6.07) is 8.72. The smallest absolute Gasteiger partial charge is 0.222 e. The lowest BCUT2D eigenvalue weighted by Crippen LogP contribution is -2.44. The zero-order valence-electron chi connectivity index (χ0n) is 13.9. The maximum Gasteiger partial charge on any atom is 0.222 e. The lowest BCUT2D eigenvalue weighted by molar-refractivity contribution is -0.122. The number of rotatable bonds is 6. The summed E-state index contributed by atoms with van der Waals surface area (Å²) in [4.78, 5) is 12.1. The van der Waals surface area contributed by atoms with E-state index in [1.165, 1.54) is 5.56 Å². The molecule has 0 aliphatic carbocycles. The molecule has 122 valence electrons. The Morgan fingerprint density at radius 3 is 2.64 bits per heavy atom. The molecule has 1 aromatic rings. The van der Waals surface area contributed by atoms with Crippen molar-refractivity contribution in [2.24, 2.45) is 5.92 Å². The molecule has 0 spiro atoms. The molecule has 0 saturated carbocycles. The first-order chi connectivity index (χ1) is 10.5. The number of hydrogen-bond donors (Lipinski definition) is 2. The van der Waals surface area contributed by atoms with Gasteiger partial charge in [-0.15, -0.1) is 0 Å². The normalized spacial score (nSPS) is 19.9. The number of benzene rings is 1. The molecule has 4 heteroatoms. The molecule has 1 fully saturated rings. The Labute approximate surface area is 133 Å². The van der Waals surface area contributed by atoms with Crippen molar-refractivity contribution in [1.29, 1.82) is 0 Å². The summed E-state index contributed by atoms with van der Waals surface area (Å²) < 4.78 is 5.37. The van der Waals surface area contributed by atoms with Crippen LogP contribution in [0.1, 0.15) is 44.4 Å². The van der Waals surface area contributed by atoms with Crippen molar-refractivity contribution in [1.82, 2.24) is 10.6 Å². The van der Waals surface area contributed by atoms with E-state index in [2.05, 4.69) is 48.7 Å². The molecule has 1 amide bonds. The molecule has 2 rings (SSSR count). The van der Waals surface area contributed by atoms with Crippen LogP contribution in [0.4, 0.5) is 0 Å². The van der Waals surface area contributed by atoms with E-state index in [1.807, 2.05) is 6.92 Å². The fraction of sp³-hybridized carbons (Fsp3) is 0.611. The van der Waals surface area contributed by atoms with E-state index in [-0.39, 0.29) is 18.0 Å². The predicted molar refractivity (Wildman–Crippen MR) is 88.8 cm³/mol. The van der Waals surface area contributed by atoms with E-state index in [0.717, 1.165) is 25.1 Å². The van der Waals surface area contributed by atoms with E-state index in [9.17, 15) is 4.79 Å². The van der Waals surface area contributed by atoms with E-state index >= 15 is 0 Å². The van der Waals surface area contributed by atoms with Crippen molar-refractivity contribution in [3.63, 3.8) is 0 Å². The van der Waals surface area contributed by atoms with Gasteiger partial charge in [-0.25, -0.2) is 0 Å². The third kappa shape index (κ3) is 5.43. The molecule has 1 aliphatic heterocycles. The average Bonchev–Trinajstić information content (AvgIpc) is 2.48. The van der Waals surface area contributed by atoms with Gasteiger partial charge in [-0.1, -0.05) is 38.1 Å². The van der Waals surface area contributed by atoms with Gasteiger partial charge in [-0.2, -0.15) is 0 Å². The molecule has 4 nitrogen and oxygen atoms in total. The van der Waals surface area contributed by atoms with Crippen molar-refractivity contribution in [2.45, 2.75) is 45.7 Å². The Balaban J connectivity index is 1.82. The first-order valence-electron chi connectivity index (χ1n) is 8.24. The van der Waals surface area contributed by atoms with Crippen molar-refractivity contribution >= 4 is 5.91 Å². The van der Waals surface area contributed by atoms with Gasteiger partial charge < -0.3 is 15.4 Å². The predicted octanol–water partition coefficient (Wildman–Crippen LogP) is 2.44. The minimum atomic E-state index is 0.0325. The van der Waals surface area contributed by atoms with Crippen LogP contribution in [0, 0.1) is 5.92 Å². The molecule has 2 atom stereocenters. The van der Waals surface area contributed by atoms with Crippen LogP contribution in [0.3, 0.4) is 0 Å². The van der Waals surface area contributed by atoms with Crippen LogP contribution < -0.4 is 10.6 Å². The van der Waals surface area contributed by atoms with Crippen LogP contribution in [0.15, 0.2) is 24.3 Å². The first kappa shape index (κ1) is 17.0. The fourth-order valence-electron chi connectivity index (χ4n) is 2.77. The van der Waals surface area contributed by atoms with E-state index in [1.54, 1.807) is 0 Å². The molecule has 0 aromatic heterocycles. The standard InChI is InChI=1S/C18H28N2O2/c1-13(2)10-15-4-6-16(7-5-15)14(3)20-18(21)11-17-12-22-9-8-19-17/h4-7,13-14,17,19H,8-12H2,1-3H3,(H,20,21). The van der Waals surface area contributed by atoms with Gasteiger partial charge in [-0.05, 0) is 30.4 Å². The summed E-state index contributed by atoms with van der Waals surface area (Å²) in [6.45, 7) is 8.65. The average molecular weight is 304 g/mol. The second-order valence-corrected chi connectivity index (χ2v) is 6.56. The first-order valence-corrected chi connectivity index (χ1v) is 8.24. The lowest BCUT2D eigenvalue weighted by Gasteiger charge is -2.24. The highest BCUT2D eigenvalue weighted by Gasteiger charge is 2.18. The SMILES string of the molecule is CC(C)Cc1ccc(C(C)NC(=O)CC2COCCN2)cc1. The molecule has 2 unspecified atom stereocenters. The van der Waals surface area contributed by atoms with Gasteiger partial charge >= 0.3 is 0 Å². The monoisotopic (exact) mass is 304 g/mol. The topological polar surface area (TPSA) is 50.4 Å². The quantitative estimate of drug-likeness (QED) is 0.849. The number of carbonyl (C=O) groups excluding carboxylic acids is 1. The summed E-state index contributed by atoms with van der Waals surface area (Å²) in [6.07, 6.45) is 1.56. The van der Waals surface area contributed by atoms with Crippen LogP contribution >= 0.6 is 0 Å². The Bertz CT molecular complexity index is 464. The lowest BCUT2D eigenvalue weighted by atomic mass is 10.00. The van der Waals surface area contributed by atoms with Crippen LogP contribution in [0.5, 0.6) is 0 Å². The zero-order chi connectivity index (χ0) is 15.9. The van der Waals surface area contributed by atoms with Gasteiger partial charge in [0, 0.05) is 19.0 Å². The van der Waals surface area contributed by atoms with Crippen molar-refractivity contribution < 1.29 is 9.53 Å². The van der Waals surface area contributed by atoms with Crippen molar-refractivity contribution in [3.05, 3.63) is 35.4 Å². The van der Waals surface area contributed by atoms with E-state index in [4.69, 9.17) is 4.74 Å². The van der Waals surface area contributed by atoms with E-state index < -0.39 is 0 Å². The number of hydrogen-bond acceptors (Lipinski definition) is 3. The van der Waals surface area contributed by atoms with Gasteiger partial charge in [0.25, 0.3) is 0 Å². The second-order valence-electron chi connectivity index (χ2n) is 6.56. The molecule has 22 heavy (non-hydrogen) atoms. The molecule has 1 aliphatic rings. The molecule has 0 bridgehead atoms. The molecular formula is C18H28N2O2. The van der Waals surface area contributed by atoms with Crippen LogP contribution in [0.2, 0.25) is 0 Å². The minimum absolute atomic E-state index is 0.0325. The van der Waals surface area contributed by atoms with Crippen LogP contribution in [0.25, 0.3) is 0 Å². The number of morpholine rings is 1. The van der Waals surface area contributed by atoms with Gasteiger partial charge in [0.1, 0.15) is 0 Å². The molecule has 2 N–H and O–H groups in total. The molecule has 0 radical (unpaired) electrons. The van der Waals surface area contributed by atoms with E-state index in [0.29, 0.717) is 18.9 Å². The summed E-state index contributed by atoms with van der Waals surface area (Å²) in [5, 5.41) is 6.37. The zero-order valence-corrected chi connectivity index (χ0v) is 13.9. The molecule has 1 heterocycles. The highest BCUT2D eigenvalue weighted by molar-refractivity contribution is 5.77. The number of amides is 1. The summed E-state index contributed by atoms with van der Waals surface area (Å²) in [5.74, 6) is 0.731. The minimum Gasteiger partial charge on any atom is -0.378 e. The Kier molecular flexibility index (Phi) is 6.40. The van der Waals surface area contributed by atoms with Gasteiger partial charge in [0.2, 0.25) is 5.91 Å². The molecule has 1 aromatic carbocycles.